The molecule has 0 saturated carbocycles. The fraction of sp³-hybridized carbons (Fsp3) is 0.783. The Morgan fingerprint density at radius 3 is 2.03 bits per heavy atom. The molecule has 0 N–H and O–H groups in total. The molecule has 0 fully saturated rings. The number of isocyanates is 2. The average Bonchev–Trinajstić information content (AvgIpc) is 2.78. The summed E-state index contributed by atoms with van der Waals surface area (Å²) >= 11 is 0. The van der Waals surface area contributed by atoms with Gasteiger partial charge >= 0.3 is 17.1 Å². The van der Waals surface area contributed by atoms with Gasteiger partial charge in [-0.05, 0) is 32.1 Å². The van der Waals surface area contributed by atoms with Gasteiger partial charge in [-0.1, -0.05) is 65.7 Å². The molecule has 0 aliphatic heterocycles. The van der Waals surface area contributed by atoms with Crippen molar-refractivity contribution in [1.29, 1.82) is 0 Å². The van der Waals surface area contributed by atoms with Crippen molar-refractivity contribution in [3.05, 3.63) is 26.7 Å². The maximum atomic E-state index is 13.3. The van der Waals surface area contributed by atoms with Crippen molar-refractivity contribution in [2.24, 2.45) is 15.0 Å². The lowest BCUT2D eigenvalue weighted by Gasteiger charge is -2.15. The summed E-state index contributed by atoms with van der Waals surface area (Å²) in [5.41, 5.74) is -0.829. The lowest BCUT2D eigenvalue weighted by atomic mass is 10.2. The molecule has 0 aliphatic carbocycles. The van der Waals surface area contributed by atoms with Crippen LogP contribution in [0.15, 0.2) is 29.0 Å². The van der Waals surface area contributed by atoms with E-state index in [4.69, 9.17) is 4.42 Å². The summed E-state index contributed by atoms with van der Waals surface area (Å²) in [6.45, 7) is 6.44. The minimum absolute atomic E-state index is 0.180. The molecule has 0 saturated heterocycles. The predicted molar refractivity (Wildman–Crippen MR) is 124 cm³/mol. The molecular weight excluding hydrogens is 426 g/mol. The zero-order valence-electron chi connectivity index (χ0n) is 20.1. The Hall–Kier alpha value is -2.83. The Kier molecular flexibility index (Phi) is 14.3. The molecule has 1 aromatic rings. The number of nitrogens with zero attached hydrogens (tertiary/aromatic N) is 5. The molecule has 1 aromatic heterocycles. The van der Waals surface area contributed by atoms with E-state index >= 15 is 0 Å². The van der Waals surface area contributed by atoms with Crippen molar-refractivity contribution in [2.45, 2.75) is 117 Å². The molecule has 2 atom stereocenters. The molecule has 2 unspecified atom stereocenters. The van der Waals surface area contributed by atoms with Crippen LogP contribution in [0.25, 0.3) is 0 Å². The second-order valence-corrected chi connectivity index (χ2v) is 8.04. The van der Waals surface area contributed by atoms with E-state index in [1.54, 1.807) is 0 Å². The highest BCUT2D eigenvalue weighted by molar-refractivity contribution is 5.33. The standard InChI is InChI=1S/C23H37N5O5/c1-4-7-10-13-16-27-21(26-19(24-17-29)14-11-8-5-2)33-23(32)28(22(27)31)20(25-18-30)15-12-9-6-3/h19-20H,4-16H2,1-3H3. The van der Waals surface area contributed by atoms with Crippen molar-refractivity contribution in [3.63, 3.8) is 0 Å². The van der Waals surface area contributed by atoms with E-state index in [-0.39, 0.29) is 12.2 Å². The summed E-state index contributed by atoms with van der Waals surface area (Å²) in [5, 5.41) is 0. The fourth-order valence-corrected chi connectivity index (χ4v) is 3.52. The quantitative estimate of drug-likeness (QED) is 0.197. The molecule has 1 rings (SSSR count). The molecule has 0 bridgehead atoms. The first-order valence-corrected chi connectivity index (χ1v) is 12.1. The van der Waals surface area contributed by atoms with Gasteiger partial charge in [0.1, 0.15) is 6.17 Å². The molecule has 10 heteroatoms. The summed E-state index contributed by atoms with van der Waals surface area (Å²) in [5.74, 6) is -0.952. The lowest BCUT2D eigenvalue weighted by molar-refractivity contribution is 0.272. The highest BCUT2D eigenvalue weighted by Gasteiger charge is 2.20. The third kappa shape index (κ3) is 9.68. The Balaban J connectivity index is 3.54. The van der Waals surface area contributed by atoms with Crippen molar-refractivity contribution < 1.29 is 14.0 Å². The smallest absolute Gasteiger partial charge is 0.375 e. The SMILES string of the molecule is CCCCCCn1c(=NC(CCCCC)N=C=O)oc(=O)n(C(CCCCC)N=C=O)c1=O. The molecule has 0 radical (unpaired) electrons. The van der Waals surface area contributed by atoms with Crippen LogP contribution >= 0.6 is 0 Å². The zero-order chi connectivity index (χ0) is 24.5. The van der Waals surface area contributed by atoms with Crippen LogP contribution in [0.2, 0.25) is 0 Å². The summed E-state index contributed by atoms with van der Waals surface area (Å²) in [6, 6.07) is 0. The highest BCUT2D eigenvalue weighted by atomic mass is 16.4. The molecule has 0 aromatic carbocycles. The van der Waals surface area contributed by atoms with Crippen LogP contribution < -0.4 is 17.1 Å². The Labute approximate surface area is 194 Å². The number of unbranched alkanes of at least 4 members (excludes halogenated alkanes) is 7. The van der Waals surface area contributed by atoms with E-state index in [0.29, 0.717) is 25.7 Å². The molecule has 0 aliphatic rings. The van der Waals surface area contributed by atoms with Crippen molar-refractivity contribution in [1.82, 2.24) is 9.13 Å². The summed E-state index contributed by atoms with van der Waals surface area (Å²) in [7, 11) is 0. The monoisotopic (exact) mass is 463 g/mol. The third-order valence-electron chi connectivity index (χ3n) is 5.37. The van der Waals surface area contributed by atoms with Crippen molar-refractivity contribution >= 4 is 12.2 Å². The summed E-state index contributed by atoms with van der Waals surface area (Å²) in [6.07, 6.45) is 10.8. The number of carbonyl (C=O) groups excluding carboxylic acids is 2. The first-order chi connectivity index (χ1) is 16.0. The van der Waals surface area contributed by atoms with Crippen LogP contribution in [0, 0.1) is 0 Å². The first kappa shape index (κ1) is 28.2. The molecule has 184 valence electrons. The van der Waals surface area contributed by atoms with Crippen LogP contribution in [0.3, 0.4) is 0 Å². The minimum Gasteiger partial charge on any atom is -0.375 e. The largest absolute Gasteiger partial charge is 0.427 e. The molecular formula is C23H37N5O5. The fourth-order valence-electron chi connectivity index (χ4n) is 3.52. The molecule has 10 nitrogen and oxygen atoms in total. The second-order valence-electron chi connectivity index (χ2n) is 8.04. The van der Waals surface area contributed by atoms with Crippen molar-refractivity contribution in [3.8, 4) is 0 Å². The van der Waals surface area contributed by atoms with Gasteiger partial charge in [0.15, 0.2) is 6.17 Å². The van der Waals surface area contributed by atoms with Crippen molar-refractivity contribution in [2.75, 3.05) is 0 Å². The minimum atomic E-state index is -0.984. The van der Waals surface area contributed by atoms with E-state index in [1.807, 2.05) is 6.92 Å². The third-order valence-corrected chi connectivity index (χ3v) is 5.37. The Morgan fingerprint density at radius 2 is 1.42 bits per heavy atom. The van der Waals surface area contributed by atoms with Gasteiger partial charge in [0, 0.05) is 6.54 Å². The van der Waals surface area contributed by atoms with Gasteiger partial charge in [0.2, 0.25) is 12.2 Å². The Morgan fingerprint density at radius 1 is 0.818 bits per heavy atom. The van der Waals surface area contributed by atoms with Crippen LogP contribution in [0.4, 0.5) is 0 Å². The van der Waals surface area contributed by atoms with E-state index in [0.717, 1.165) is 55.9 Å². The number of aromatic nitrogens is 2. The van der Waals surface area contributed by atoms with Gasteiger partial charge in [-0.25, -0.2) is 33.3 Å². The maximum absolute atomic E-state index is 13.3. The van der Waals surface area contributed by atoms with E-state index in [9.17, 15) is 19.2 Å². The van der Waals surface area contributed by atoms with E-state index in [2.05, 4.69) is 28.8 Å². The second kappa shape index (κ2) is 16.8. The first-order valence-electron chi connectivity index (χ1n) is 12.1. The summed E-state index contributed by atoms with van der Waals surface area (Å²) in [4.78, 5) is 59.7. The lowest BCUT2D eigenvalue weighted by Crippen LogP contribution is -2.48. The van der Waals surface area contributed by atoms with Crippen LogP contribution in [-0.2, 0) is 16.1 Å². The highest BCUT2D eigenvalue weighted by Crippen LogP contribution is 2.13. The van der Waals surface area contributed by atoms with E-state index < -0.39 is 23.8 Å². The number of aliphatic imine (C=N–C) groups is 2. The number of hydrogen-bond donors (Lipinski definition) is 0. The average molecular weight is 464 g/mol. The maximum Gasteiger partial charge on any atom is 0.427 e. The topological polar surface area (TPSA) is 128 Å². The van der Waals surface area contributed by atoms with Gasteiger partial charge in [-0.3, -0.25) is 0 Å². The molecule has 1 heterocycles. The van der Waals surface area contributed by atoms with Gasteiger partial charge in [0.05, 0.1) is 0 Å². The summed E-state index contributed by atoms with van der Waals surface area (Å²) < 4.78 is 7.55. The van der Waals surface area contributed by atoms with E-state index in [1.165, 1.54) is 16.7 Å². The van der Waals surface area contributed by atoms with Gasteiger partial charge < -0.3 is 4.42 Å². The molecule has 0 amide bonds. The van der Waals surface area contributed by atoms with Crippen LogP contribution in [-0.4, -0.2) is 27.5 Å². The molecule has 0 spiro atoms. The van der Waals surface area contributed by atoms with Crippen LogP contribution in [0.1, 0.15) is 104 Å². The van der Waals surface area contributed by atoms with Gasteiger partial charge in [-0.15, -0.1) is 0 Å². The van der Waals surface area contributed by atoms with Gasteiger partial charge in [-0.2, -0.15) is 9.98 Å². The molecule has 33 heavy (non-hydrogen) atoms. The predicted octanol–water partition coefficient (Wildman–Crippen LogP) is 3.74. The number of hydrogen-bond acceptors (Lipinski definition) is 8. The Bertz CT molecular complexity index is 980. The van der Waals surface area contributed by atoms with Gasteiger partial charge in [0.25, 0.3) is 0 Å². The van der Waals surface area contributed by atoms with Crippen LogP contribution in [0.5, 0.6) is 0 Å². The number of rotatable bonds is 17. The zero-order valence-corrected chi connectivity index (χ0v) is 20.1. The normalized spacial score (nSPS) is 13.2.